The van der Waals surface area contributed by atoms with Gasteiger partial charge in [-0.15, -0.1) is 0 Å². The Labute approximate surface area is 170 Å². The third kappa shape index (κ3) is 2.87. The summed E-state index contributed by atoms with van der Waals surface area (Å²) in [5, 5.41) is 0. The zero-order valence-electron chi connectivity index (χ0n) is 16.4. The van der Waals surface area contributed by atoms with Gasteiger partial charge in [-0.25, -0.2) is 4.79 Å². The van der Waals surface area contributed by atoms with Crippen LogP contribution in [-0.2, 0) is 25.3 Å². The van der Waals surface area contributed by atoms with Gasteiger partial charge in [0.1, 0.15) is 5.60 Å². The average molecular weight is 391 g/mol. The standard InChI is InChI=1S/C24H25NO4/c26-21-19-8-4-5-9-20(19)24(29-21)10-14-25(15-11-24)22(27)23(12-16-28-17-13-23)18-6-2-1-3-7-18/h1-9H,10-17H2. The first-order valence-corrected chi connectivity index (χ1v) is 10.4. The number of rotatable bonds is 2. The molecule has 2 fully saturated rings. The fourth-order valence-electron chi connectivity index (χ4n) is 5.19. The highest BCUT2D eigenvalue weighted by Gasteiger charge is 2.50. The molecule has 0 radical (unpaired) electrons. The van der Waals surface area contributed by atoms with E-state index in [1.54, 1.807) is 0 Å². The molecule has 1 amide bonds. The number of benzene rings is 2. The molecule has 0 aliphatic carbocycles. The van der Waals surface area contributed by atoms with E-state index in [1.165, 1.54) is 0 Å². The van der Waals surface area contributed by atoms with E-state index in [0.29, 0.717) is 57.6 Å². The van der Waals surface area contributed by atoms with Crippen LogP contribution >= 0.6 is 0 Å². The number of hydrogen-bond acceptors (Lipinski definition) is 4. The number of ether oxygens (including phenoxy) is 2. The van der Waals surface area contributed by atoms with Gasteiger partial charge in [-0.3, -0.25) is 4.79 Å². The predicted octanol–water partition coefficient (Wildman–Crippen LogP) is 3.42. The summed E-state index contributed by atoms with van der Waals surface area (Å²) in [7, 11) is 0. The van der Waals surface area contributed by atoms with Crippen molar-refractivity contribution in [3.8, 4) is 0 Å². The maximum atomic E-state index is 13.8. The Balaban J connectivity index is 1.39. The number of esters is 1. The van der Waals surface area contributed by atoms with Crippen LogP contribution in [0.2, 0.25) is 0 Å². The van der Waals surface area contributed by atoms with Crippen LogP contribution in [0, 0.1) is 0 Å². The molecule has 0 unspecified atom stereocenters. The molecule has 0 saturated carbocycles. The lowest BCUT2D eigenvalue weighted by Gasteiger charge is -2.44. The van der Waals surface area contributed by atoms with Crippen molar-refractivity contribution >= 4 is 11.9 Å². The Bertz CT molecular complexity index is 925. The van der Waals surface area contributed by atoms with Crippen molar-refractivity contribution in [1.82, 2.24) is 4.90 Å². The van der Waals surface area contributed by atoms with E-state index in [2.05, 4.69) is 12.1 Å². The molecule has 2 saturated heterocycles. The van der Waals surface area contributed by atoms with Crippen LogP contribution in [0.1, 0.15) is 47.2 Å². The largest absolute Gasteiger partial charge is 0.450 e. The van der Waals surface area contributed by atoms with Crippen molar-refractivity contribution in [2.24, 2.45) is 0 Å². The molecule has 3 aliphatic rings. The van der Waals surface area contributed by atoms with Crippen molar-refractivity contribution in [3.63, 3.8) is 0 Å². The first kappa shape index (κ1) is 18.4. The lowest BCUT2D eigenvalue weighted by Crippen LogP contribution is -2.54. The van der Waals surface area contributed by atoms with E-state index in [1.807, 2.05) is 47.4 Å². The van der Waals surface area contributed by atoms with Crippen LogP contribution < -0.4 is 0 Å². The monoisotopic (exact) mass is 391 g/mol. The highest BCUT2D eigenvalue weighted by atomic mass is 16.6. The van der Waals surface area contributed by atoms with Gasteiger partial charge in [0.25, 0.3) is 0 Å². The highest BCUT2D eigenvalue weighted by Crippen LogP contribution is 2.45. The normalized spacial score (nSPS) is 22.2. The van der Waals surface area contributed by atoms with Crippen molar-refractivity contribution in [3.05, 3.63) is 71.3 Å². The second-order valence-corrected chi connectivity index (χ2v) is 8.28. The third-order valence-corrected chi connectivity index (χ3v) is 6.87. The van der Waals surface area contributed by atoms with E-state index in [0.717, 1.165) is 11.1 Å². The van der Waals surface area contributed by atoms with E-state index in [4.69, 9.17) is 9.47 Å². The Morgan fingerprint density at radius 2 is 1.52 bits per heavy atom. The van der Waals surface area contributed by atoms with Crippen molar-refractivity contribution in [1.29, 1.82) is 0 Å². The quantitative estimate of drug-likeness (QED) is 0.736. The summed E-state index contributed by atoms with van der Waals surface area (Å²) in [5.74, 6) is -0.0648. The molecular formula is C24H25NO4. The number of likely N-dealkylation sites (tertiary alicyclic amines) is 1. The molecule has 3 heterocycles. The summed E-state index contributed by atoms with van der Waals surface area (Å²) in [5.41, 5.74) is 1.61. The van der Waals surface area contributed by atoms with Gasteiger partial charge < -0.3 is 14.4 Å². The lowest BCUT2D eigenvalue weighted by atomic mass is 9.72. The molecule has 5 rings (SSSR count). The number of carbonyl (C=O) groups excluding carboxylic acids is 2. The minimum absolute atomic E-state index is 0.180. The number of fused-ring (bicyclic) bond motifs is 2. The van der Waals surface area contributed by atoms with E-state index in [-0.39, 0.29) is 11.9 Å². The van der Waals surface area contributed by atoms with Gasteiger partial charge in [-0.2, -0.15) is 0 Å². The van der Waals surface area contributed by atoms with Gasteiger partial charge in [0, 0.05) is 44.7 Å². The van der Waals surface area contributed by atoms with Crippen molar-refractivity contribution in [2.75, 3.05) is 26.3 Å². The van der Waals surface area contributed by atoms with Crippen LogP contribution in [-0.4, -0.2) is 43.1 Å². The van der Waals surface area contributed by atoms with E-state index >= 15 is 0 Å². The van der Waals surface area contributed by atoms with Crippen LogP contribution in [0.25, 0.3) is 0 Å². The SMILES string of the molecule is O=C1OC2(CCN(C(=O)C3(c4ccccc4)CCOCC3)CC2)c2ccccc21. The Hall–Kier alpha value is -2.66. The van der Waals surface area contributed by atoms with Crippen LogP contribution in [0.4, 0.5) is 0 Å². The summed E-state index contributed by atoms with van der Waals surface area (Å²) >= 11 is 0. The fourth-order valence-corrected chi connectivity index (χ4v) is 5.19. The number of hydrogen-bond donors (Lipinski definition) is 0. The van der Waals surface area contributed by atoms with Crippen LogP contribution in [0.15, 0.2) is 54.6 Å². The topological polar surface area (TPSA) is 55.8 Å². The number of carbonyl (C=O) groups is 2. The number of nitrogens with zero attached hydrogens (tertiary/aromatic N) is 1. The maximum Gasteiger partial charge on any atom is 0.339 e. The van der Waals surface area contributed by atoms with Crippen LogP contribution in [0.3, 0.4) is 0 Å². The summed E-state index contributed by atoms with van der Waals surface area (Å²) in [6.07, 6.45) is 2.69. The lowest BCUT2D eigenvalue weighted by molar-refractivity contribution is -0.145. The number of amides is 1. The Morgan fingerprint density at radius 1 is 0.862 bits per heavy atom. The summed E-state index contributed by atoms with van der Waals surface area (Å²) in [4.78, 5) is 28.0. The minimum atomic E-state index is -0.583. The molecule has 0 N–H and O–H groups in total. The molecule has 0 aromatic heterocycles. The van der Waals surface area contributed by atoms with Gasteiger partial charge >= 0.3 is 5.97 Å². The maximum absolute atomic E-state index is 13.8. The molecule has 2 aromatic rings. The Morgan fingerprint density at radius 3 is 2.24 bits per heavy atom. The van der Waals surface area contributed by atoms with Gasteiger partial charge in [0.2, 0.25) is 5.91 Å². The predicted molar refractivity (Wildman–Crippen MR) is 108 cm³/mol. The van der Waals surface area contributed by atoms with Crippen LogP contribution in [0.5, 0.6) is 0 Å². The van der Waals surface area contributed by atoms with Gasteiger partial charge in [0.05, 0.1) is 11.0 Å². The van der Waals surface area contributed by atoms with E-state index < -0.39 is 11.0 Å². The first-order valence-electron chi connectivity index (χ1n) is 10.4. The summed E-state index contributed by atoms with van der Waals surface area (Å²) in [6, 6.07) is 17.7. The highest BCUT2D eigenvalue weighted by molar-refractivity contribution is 5.95. The minimum Gasteiger partial charge on any atom is -0.450 e. The molecule has 2 aromatic carbocycles. The molecule has 5 heteroatoms. The first-order chi connectivity index (χ1) is 14.1. The fraction of sp³-hybridized carbons (Fsp3) is 0.417. The molecule has 1 spiro atoms. The summed E-state index contributed by atoms with van der Waals surface area (Å²) in [6.45, 7) is 2.39. The van der Waals surface area contributed by atoms with E-state index in [9.17, 15) is 9.59 Å². The molecule has 0 bridgehead atoms. The molecule has 3 aliphatic heterocycles. The van der Waals surface area contributed by atoms with Crippen molar-refractivity contribution in [2.45, 2.75) is 36.7 Å². The van der Waals surface area contributed by atoms with Gasteiger partial charge in [0.15, 0.2) is 0 Å². The smallest absolute Gasteiger partial charge is 0.339 e. The van der Waals surface area contributed by atoms with Crippen molar-refractivity contribution < 1.29 is 19.1 Å². The van der Waals surface area contributed by atoms with Gasteiger partial charge in [-0.1, -0.05) is 48.5 Å². The number of piperidine rings is 1. The second-order valence-electron chi connectivity index (χ2n) is 8.28. The zero-order valence-corrected chi connectivity index (χ0v) is 16.4. The Kier molecular flexibility index (Phi) is 4.43. The third-order valence-electron chi connectivity index (χ3n) is 6.87. The molecule has 29 heavy (non-hydrogen) atoms. The molecule has 150 valence electrons. The molecule has 0 atom stereocenters. The zero-order chi connectivity index (χ0) is 19.9. The summed E-state index contributed by atoms with van der Waals surface area (Å²) < 4.78 is 11.4. The van der Waals surface area contributed by atoms with Gasteiger partial charge in [-0.05, 0) is 24.5 Å². The second kappa shape index (κ2) is 6.99. The average Bonchev–Trinajstić information content (AvgIpc) is 3.06. The molecule has 5 nitrogen and oxygen atoms in total. The molecular weight excluding hydrogens is 366 g/mol.